The third-order valence-corrected chi connectivity index (χ3v) is 6.05. The van der Waals surface area contributed by atoms with Crippen molar-refractivity contribution in [3.8, 4) is 0 Å². The summed E-state index contributed by atoms with van der Waals surface area (Å²) in [7, 11) is 2.02. The molecule has 0 aromatic carbocycles. The Morgan fingerprint density at radius 1 is 1.39 bits per heavy atom. The Balaban J connectivity index is 1.92. The molecule has 1 aromatic rings. The van der Waals surface area contributed by atoms with Crippen molar-refractivity contribution in [3.63, 3.8) is 0 Å². The van der Waals surface area contributed by atoms with Crippen molar-refractivity contribution in [2.75, 3.05) is 7.05 Å². The molecule has 0 spiro atoms. The zero-order valence-corrected chi connectivity index (χ0v) is 13.1. The van der Waals surface area contributed by atoms with Crippen molar-refractivity contribution in [3.05, 3.63) is 15.6 Å². The van der Waals surface area contributed by atoms with Gasteiger partial charge in [0, 0.05) is 22.4 Å². The summed E-state index contributed by atoms with van der Waals surface area (Å²) in [5.74, 6) is 1.12. The number of aromatic nitrogens is 1. The first-order valence-corrected chi connectivity index (χ1v) is 8.93. The molecule has 1 aromatic heterocycles. The molecule has 18 heavy (non-hydrogen) atoms. The highest BCUT2D eigenvalue weighted by Gasteiger charge is 2.17. The topological polar surface area (TPSA) is 24.9 Å². The van der Waals surface area contributed by atoms with Gasteiger partial charge in [0.05, 0.1) is 5.69 Å². The van der Waals surface area contributed by atoms with E-state index in [1.54, 1.807) is 0 Å². The molecule has 1 aliphatic carbocycles. The van der Waals surface area contributed by atoms with Crippen molar-refractivity contribution < 1.29 is 0 Å². The Morgan fingerprint density at radius 3 is 2.83 bits per heavy atom. The molecule has 1 saturated carbocycles. The molecule has 1 heterocycles. The van der Waals surface area contributed by atoms with Gasteiger partial charge in [-0.25, -0.2) is 4.98 Å². The monoisotopic (exact) mass is 284 g/mol. The maximum absolute atomic E-state index is 4.84. The van der Waals surface area contributed by atoms with E-state index in [9.17, 15) is 0 Å². The summed E-state index contributed by atoms with van der Waals surface area (Å²) in [6, 6.07) is 0. The second kappa shape index (κ2) is 7.51. The molecule has 0 amide bonds. The number of hydrogen-bond acceptors (Lipinski definition) is 4. The predicted octanol–water partition coefficient (Wildman–Crippen LogP) is 3.99. The summed E-state index contributed by atoms with van der Waals surface area (Å²) in [5.41, 5.74) is 1.33. The normalized spacial score (nSPS) is 16.6. The van der Waals surface area contributed by atoms with Gasteiger partial charge in [-0.05, 0) is 26.3 Å². The number of hydrogen-bond donors (Lipinski definition) is 1. The minimum absolute atomic E-state index is 0.899. The van der Waals surface area contributed by atoms with Gasteiger partial charge in [0.2, 0.25) is 0 Å². The number of rotatable bonds is 7. The standard InChI is InChI=1S/C14H24N2S2/c1-3-6-12-13(9-15-2)18-14(16-12)10-17-11-7-4-5-8-11/h11,15H,3-10H2,1-2H3. The number of aryl methyl sites for hydroxylation is 1. The molecule has 0 aliphatic heterocycles. The van der Waals surface area contributed by atoms with Crippen LogP contribution in [-0.2, 0) is 18.7 Å². The smallest absolute Gasteiger partial charge is 0.103 e. The minimum atomic E-state index is 0.899. The lowest BCUT2D eigenvalue weighted by Gasteiger charge is -2.05. The second-order valence-corrected chi connectivity index (χ2v) is 7.43. The van der Waals surface area contributed by atoms with E-state index in [1.165, 1.54) is 47.7 Å². The third-order valence-electron chi connectivity index (χ3n) is 3.39. The van der Waals surface area contributed by atoms with Gasteiger partial charge in [-0.1, -0.05) is 26.2 Å². The zero-order valence-electron chi connectivity index (χ0n) is 11.5. The van der Waals surface area contributed by atoms with Gasteiger partial charge in [0.15, 0.2) is 0 Å². The number of nitrogens with one attached hydrogen (secondary N) is 1. The van der Waals surface area contributed by atoms with Crippen molar-refractivity contribution in [1.82, 2.24) is 10.3 Å². The van der Waals surface area contributed by atoms with Crippen LogP contribution >= 0.6 is 23.1 Å². The number of thioether (sulfide) groups is 1. The first kappa shape index (κ1) is 14.4. The summed E-state index contributed by atoms with van der Waals surface area (Å²) in [4.78, 5) is 6.28. The van der Waals surface area contributed by atoms with E-state index >= 15 is 0 Å². The van der Waals surface area contributed by atoms with Crippen LogP contribution in [0.2, 0.25) is 0 Å². The molecule has 4 heteroatoms. The maximum Gasteiger partial charge on any atom is 0.103 e. The van der Waals surface area contributed by atoms with E-state index in [4.69, 9.17) is 4.98 Å². The molecular weight excluding hydrogens is 260 g/mol. The highest BCUT2D eigenvalue weighted by molar-refractivity contribution is 7.99. The van der Waals surface area contributed by atoms with Crippen molar-refractivity contribution in [1.29, 1.82) is 0 Å². The van der Waals surface area contributed by atoms with Gasteiger partial charge in [0.25, 0.3) is 0 Å². The van der Waals surface area contributed by atoms with Gasteiger partial charge < -0.3 is 5.32 Å². The van der Waals surface area contributed by atoms with E-state index in [0.29, 0.717) is 0 Å². The molecule has 0 unspecified atom stereocenters. The Kier molecular flexibility index (Phi) is 5.99. The van der Waals surface area contributed by atoms with Crippen molar-refractivity contribution in [2.45, 2.75) is 63.0 Å². The first-order valence-electron chi connectivity index (χ1n) is 7.07. The van der Waals surface area contributed by atoms with Gasteiger partial charge in [0.1, 0.15) is 5.01 Å². The summed E-state index contributed by atoms with van der Waals surface area (Å²) in [5, 5.41) is 5.49. The summed E-state index contributed by atoms with van der Waals surface area (Å²) < 4.78 is 0. The van der Waals surface area contributed by atoms with Gasteiger partial charge >= 0.3 is 0 Å². The SMILES string of the molecule is CCCc1nc(CSC2CCCC2)sc1CNC. The fraction of sp³-hybridized carbons (Fsp3) is 0.786. The molecule has 0 saturated heterocycles. The first-order chi connectivity index (χ1) is 8.83. The van der Waals surface area contributed by atoms with Gasteiger partial charge in [-0.15, -0.1) is 11.3 Å². The number of thiazole rings is 1. The fourth-order valence-electron chi connectivity index (χ4n) is 2.47. The van der Waals surface area contributed by atoms with Crippen LogP contribution in [0.4, 0.5) is 0 Å². The Hall–Kier alpha value is -0.0600. The minimum Gasteiger partial charge on any atom is -0.315 e. The third kappa shape index (κ3) is 3.97. The molecule has 1 N–H and O–H groups in total. The highest BCUT2D eigenvalue weighted by atomic mass is 32.2. The molecule has 0 radical (unpaired) electrons. The van der Waals surface area contributed by atoms with Crippen LogP contribution < -0.4 is 5.32 Å². The van der Waals surface area contributed by atoms with Crippen LogP contribution in [-0.4, -0.2) is 17.3 Å². The second-order valence-electron chi connectivity index (χ2n) is 4.98. The van der Waals surface area contributed by atoms with Crippen LogP contribution in [0.15, 0.2) is 0 Å². The molecule has 1 aliphatic rings. The largest absolute Gasteiger partial charge is 0.315 e. The maximum atomic E-state index is 4.84. The molecule has 2 rings (SSSR count). The Labute approximate surface area is 119 Å². The quantitative estimate of drug-likeness (QED) is 0.819. The average molecular weight is 284 g/mol. The van der Waals surface area contributed by atoms with Crippen LogP contribution in [0.1, 0.15) is 54.6 Å². The Bertz CT molecular complexity index is 333. The lowest BCUT2D eigenvalue weighted by molar-refractivity contribution is 0.797. The summed E-state index contributed by atoms with van der Waals surface area (Å²) in [6.07, 6.45) is 8.02. The lowest BCUT2D eigenvalue weighted by Crippen LogP contribution is -2.05. The predicted molar refractivity (Wildman–Crippen MR) is 82.4 cm³/mol. The Morgan fingerprint density at radius 2 is 2.17 bits per heavy atom. The molecule has 0 bridgehead atoms. The van der Waals surface area contributed by atoms with Gasteiger partial charge in [-0.2, -0.15) is 11.8 Å². The average Bonchev–Trinajstić information content (AvgIpc) is 2.98. The molecule has 0 atom stereocenters. The van der Waals surface area contributed by atoms with Crippen LogP contribution in [0.3, 0.4) is 0 Å². The van der Waals surface area contributed by atoms with Crippen LogP contribution in [0.25, 0.3) is 0 Å². The van der Waals surface area contributed by atoms with E-state index in [-0.39, 0.29) is 0 Å². The highest BCUT2D eigenvalue weighted by Crippen LogP contribution is 2.33. The van der Waals surface area contributed by atoms with Gasteiger partial charge in [-0.3, -0.25) is 0 Å². The number of nitrogens with zero attached hydrogens (tertiary/aromatic N) is 1. The van der Waals surface area contributed by atoms with E-state index < -0.39 is 0 Å². The molecule has 102 valence electrons. The zero-order chi connectivity index (χ0) is 12.8. The summed E-state index contributed by atoms with van der Waals surface area (Å²) >= 11 is 4.04. The van der Waals surface area contributed by atoms with Crippen LogP contribution in [0.5, 0.6) is 0 Å². The summed E-state index contributed by atoms with van der Waals surface area (Å²) in [6.45, 7) is 3.20. The lowest BCUT2D eigenvalue weighted by atomic mass is 10.2. The van der Waals surface area contributed by atoms with Crippen LogP contribution in [0, 0.1) is 0 Å². The van der Waals surface area contributed by atoms with Crippen molar-refractivity contribution in [2.24, 2.45) is 0 Å². The molecular formula is C14H24N2S2. The molecule has 2 nitrogen and oxygen atoms in total. The van der Waals surface area contributed by atoms with E-state index in [0.717, 1.165) is 24.0 Å². The van der Waals surface area contributed by atoms with E-state index in [1.807, 2.05) is 18.4 Å². The van der Waals surface area contributed by atoms with E-state index in [2.05, 4.69) is 24.0 Å². The fourth-order valence-corrected chi connectivity index (χ4v) is 4.95. The molecule has 1 fully saturated rings. The van der Waals surface area contributed by atoms with Crippen molar-refractivity contribution >= 4 is 23.1 Å².